The fourth-order valence-corrected chi connectivity index (χ4v) is 2.07. The number of ether oxygens (including phenoxy) is 1. The predicted molar refractivity (Wildman–Crippen MR) is 95.6 cm³/mol. The normalized spacial score (nSPS) is 9.76. The molecular formula is C20H18N2O3. The molecule has 126 valence electrons. The summed E-state index contributed by atoms with van der Waals surface area (Å²) >= 11 is 0. The molecule has 2 aromatic rings. The van der Waals surface area contributed by atoms with Crippen molar-refractivity contribution in [2.24, 2.45) is 0 Å². The number of nitrogens with one attached hydrogen (secondary N) is 1. The van der Waals surface area contributed by atoms with E-state index in [9.17, 15) is 9.59 Å². The number of carbonyl (C=O) groups excluding carboxylic acids is 2. The summed E-state index contributed by atoms with van der Waals surface area (Å²) < 4.78 is 4.89. The zero-order chi connectivity index (χ0) is 18.2. The van der Waals surface area contributed by atoms with Crippen LogP contribution in [0.15, 0.2) is 60.7 Å². The Hall–Kier alpha value is -3.39. The number of carbonyl (C=O) groups is 2. The van der Waals surface area contributed by atoms with Gasteiger partial charge in [0.15, 0.2) is 0 Å². The van der Waals surface area contributed by atoms with Gasteiger partial charge in [-0.2, -0.15) is 5.26 Å². The topological polar surface area (TPSA) is 79.2 Å². The van der Waals surface area contributed by atoms with E-state index in [1.165, 1.54) is 0 Å². The third kappa shape index (κ3) is 5.33. The van der Waals surface area contributed by atoms with E-state index in [-0.39, 0.29) is 18.9 Å². The second-order valence-corrected chi connectivity index (χ2v) is 5.48. The maximum atomic E-state index is 11.8. The lowest BCUT2D eigenvalue weighted by molar-refractivity contribution is -0.139. The fraction of sp³-hybridized carbons (Fsp3) is 0.150. The van der Waals surface area contributed by atoms with Crippen LogP contribution in [0.25, 0.3) is 11.1 Å². The first-order chi connectivity index (χ1) is 12.0. The lowest BCUT2D eigenvalue weighted by atomic mass is 10.0. The van der Waals surface area contributed by atoms with Gasteiger partial charge in [-0.05, 0) is 42.3 Å². The summed E-state index contributed by atoms with van der Waals surface area (Å²) in [4.78, 5) is 23.1. The molecule has 25 heavy (non-hydrogen) atoms. The summed E-state index contributed by atoms with van der Waals surface area (Å²) in [6.45, 7) is 5.04. The maximum absolute atomic E-state index is 11.8. The molecule has 0 bridgehead atoms. The molecular weight excluding hydrogens is 316 g/mol. The molecule has 1 amide bonds. The molecule has 0 aliphatic carbocycles. The van der Waals surface area contributed by atoms with Gasteiger partial charge in [0, 0.05) is 11.3 Å². The molecule has 5 nitrogen and oxygen atoms in total. The lowest BCUT2D eigenvalue weighted by Gasteiger charge is -2.08. The van der Waals surface area contributed by atoms with Crippen molar-refractivity contribution in [3.05, 3.63) is 66.2 Å². The van der Waals surface area contributed by atoms with Crippen LogP contribution in [0.2, 0.25) is 0 Å². The molecule has 2 rings (SSSR count). The molecule has 0 aliphatic heterocycles. The molecule has 0 fully saturated rings. The van der Waals surface area contributed by atoms with E-state index in [0.717, 1.165) is 11.1 Å². The number of esters is 1. The Morgan fingerprint density at radius 3 is 2.16 bits per heavy atom. The van der Waals surface area contributed by atoms with Gasteiger partial charge in [-0.25, -0.2) is 4.79 Å². The fourth-order valence-electron chi connectivity index (χ4n) is 2.07. The first-order valence-electron chi connectivity index (χ1n) is 7.72. The van der Waals surface area contributed by atoms with E-state index in [4.69, 9.17) is 10.00 Å². The number of amides is 1. The Morgan fingerprint density at radius 1 is 1.08 bits per heavy atom. The molecule has 0 unspecified atom stereocenters. The van der Waals surface area contributed by atoms with Gasteiger partial charge in [0.2, 0.25) is 5.91 Å². The van der Waals surface area contributed by atoms with Crippen LogP contribution in [-0.2, 0) is 14.3 Å². The number of rotatable bonds is 6. The summed E-state index contributed by atoms with van der Waals surface area (Å²) in [5.74, 6) is -0.736. The van der Waals surface area contributed by atoms with Crippen molar-refractivity contribution in [2.75, 3.05) is 11.9 Å². The zero-order valence-corrected chi connectivity index (χ0v) is 13.9. The SMILES string of the molecule is C=C(C)C(=O)OCCC(=O)Nc1ccc(-c2ccc(C#N)cc2)cc1. The van der Waals surface area contributed by atoms with Crippen molar-refractivity contribution in [3.63, 3.8) is 0 Å². The number of benzene rings is 2. The lowest BCUT2D eigenvalue weighted by Crippen LogP contribution is -2.16. The number of nitriles is 1. The third-order valence-corrected chi connectivity index (χ3v) is 3.43. The van der Waals surface area contributed by atoms with Gasteiger partial charge in [0.05, 0.1) is 18.1 Å². The van der Waals surface area contributed by atoms with Gasteiger partial charge in [-0.3, -0.25) is 4.79 Å². The van der Waals surface area contributed by atoms with E-state index in [0.29, 0.717) is 16.8 Å². The minimum atomic E-state index is -0.500. The molecule has 0 saturated heterocycles. The average molecular weight is 334 g/mol. The van der Waals surface area contributed by atoms with Gasteiger partial charge in [0.1, 0.15) is 6.61 Å². The number of hydrogen-bond donors (Lipinski definition) is 1. The molecule has 1 N–H and O–H groups in total. The van der Waals surface area contributed by atoms with Crippen LogP contribution in [0.3, 0.4) is 0 Å². The van der Waals surface area contributed by atoms with E-state index in [1.807, 2.05) is 24.3 Å². The molecule has 5 heteroatoms. The summed E-state index contributed by atoms with van der Waals surface area (Å²) in [5.41, 5.74) is 3.55. The van der Waals surface area contributed by atoms with Gasteiger partial charge < -0.3 is 10.1 Å². The van der Waals surface area contributed by atoms with Crippen molar-refractivity contribution >= 4 is 17.6 Å². The smallest absolute Gasteiger partial charge is 0.333 e. The minimum Gasteiger partial charge on any atom is -0.462 e. The second-order valence-electron chi connectivity index (χ2n) is 5.48. The molecule has 0 heterocycles. The van der Waals surface area contributed by atoms with Gasteiger partial charge >= 0.3 is 5.97 Å². The van der Waals surface area contributed by atoms with Crippen LogP contribution < -0.4 is 5.32 Å². The molecule has 0 aliphatic rings. The van der Waals surface area contributed by atoms with Gasteiger partial charge in [-0.15, -0.1) is 0 Å². The standard InChI is InChI=1S/C20H18N2O3/c1-14(2)20(24)25-12-11-19(23)22-18-9-7-17(8-10-18)16-5-3-15(13-21)4-6-16/h3-10H,1,11-12H2,2H3,(H,22,23). The molecule has 0 spiro atoms. The maximum Gasteiger partial charge on any atom is 0.333 e. The Morgan fingerprint density at radius 2 is 1.64 bits per heavy atom. The van der Waals surface area contributed by atoms with E-state index >= 15 is 0 Å². The van der Waals surface area contributed by atoms with Crippen molar-refractivity contribution in [1.82, 2.24) is 0 Å². The van der Waals surface area contributed by atoms with Crippen molar-refractivity contribution in [3.8, 4) is 17.2 Å². The molecule has 0 saturated carbocycles. The Kier molecular flexibility index (Phi) is 6.08. The molecule has 0 radical (unpaired) electrons. The second kappa shape index (κ2) is 8.46. The first kappa shape index (κ1) is 18.0. The highest BCUT2D eigenvalue weighted by Crippen LogP contribution is 2.21. The summed E-state index contributed by atoms with van der Waals surface area (Å²) in [6, 6.07) is 16.7. The van der Waals surface area contributed by atoms with E-state index < -0.39 is 5.97 Å². The van der Waals surface area contributed by atoms with E-state index in [2.05, 4.69) is 18.0 Å². The number of hydrogen-bond acceptors (Lipinski definition) is 4. The van der Waals surface area contributed by atoms with Gasteiger partial charge in [-0.1, -0.05) is 30.8 Å². The Labute approximate surface area is 146 Å². The molecule has 2 aromatic carbocycles. The third-order valence-electron chi connectivity index (χ3n) is 3.43. The quantitative estimate of drug-likeness (QED) is 0.645. The summed E-state index contributed by atoms with van der Waals surface area (Å²) in [6.07, 6.45) is 0.0798. The zero-order valence-electron chi connectivity index (χ0n) is 13.9. The van der Waals surface area contributed by atoms with Crippen molar-refractivity contribution in [2.45, 2.75) is 13.3 Å². The van der Waals surface area contributed by atoms with Crippen molar-refractivity contribution in [1.29, 1.82) is 5.26 Å². The monoisotopic (exact) mass is 334 g/mol. The highest BCUT2D eigenvalue weighted by atomic mass is 16.5. The van der Waals surface area contributed by atoms with Crippen LogP contribution in [0.4, 0.5) is 5.69 Å². The van der Waals surface area contributed by atoms with Crippen LogP contribution in [0, 0.1) is 11.3 Å². The highest BCUT2D eigenvalue weighted by molar-refractivity contribution is 5.91. The molecule has 0 aromatic heterocycles. The van der Waals surface area contributed by atoms with Crippen LogP contribution in [0.5, 0.6) is 0 Å². The van der Waals surface area contributed by atoms with Crippen LogP contribution in [0.1, 0.15) is 18.9 Å². The van der Waals surface area contributed by atoms with Crippen LogP contribution in [-0.4, -0.2) is 18.5 Å². The number of nitrogens with zero attached hydrogens (tertiary/aromatic N) is 1. The summed E-state index contributed by atoms with van der Waals surface area (Å²) in [5, 5.41) is 11.6. The minimum absolute atomic E-state index is 0.0147. The average Bonchev–Trinajstić information content (AvgIpc) is 2.62. The number of anilines is 1. The summed E-state index contributed by atoms with van der Waals surface area (Å²) in [7, 11) is 0. The highest BCUT2D eigenvalue weighted by Gasteiger charge is 2.07. The predicted octanol–water partition coefficient (Wildman–Crippen LogP) is 3.67. The van der Waals surface area contributed by atoms with Crippen LogP contribution >= 0.6 is 0 Å². The molecule has 0 atom stereocenters. The first-order valence-corrected chi connectivity index (χ1v) is 7.72. The Balaban J connectivity index is 1.89. The van der Waals surface area contributed by atoms with Gasteiger partial charge in [0.25, 0.3) is 0 Å². The largest absolute Gasteiger partial charge is 0.462 e. The van der Waals surface area contributed by atoms with E-state index in [1.54, 1.807) is 31.2 Å². The van der Waals surface area contributed by atoms with Crippen molar-refractivity contribution < 1.29 is 14.3 Å². The Bertz CT molecular complexity index is 816.